The smallest absolute Gasteiger partial charge is 0.226 e. The summed E-state index contributed by atoms with van der Waals surface area (Å²) in [7, 11) is 0. The van der Waals surface area contributed by atoms with Gasteiger partial charge in [-0.15, -0.1) is 0 Å². The number of nitrogens with zero attached hydrogens (tertiary/aromatic N) is 3. The van der Waals surface area contributed by atoms with E-state index in [1.165, 1.54) is 18.2 Å². The first kappa shape index (κ1) is 18.0. The number of benzene rings is 2. The largest absolute Gasteiger partial charge is 0.356 e. The summed E-state index contributed by atoms with van der Waals surface area (Å²) in [6, 6.07) is 8.89. The predicted octanol–water partition coefficient (Wildman–Crippen LogP) is 5.18. The first-order valence-corrected chi connectivity index (χ1v) is 9.39. The number of nitrogens with one attached hydrogen (secondary N) is 1. The van der Waals surface area contributed by atoms with E-state index in [2.05, 4.69) is 15.0 Å². The van der Waals surface area contributed by atoms with Gasteiger partial charge in [0.15, 0.2) is 11.6 Å². The molecule has 146 valence electrons. The molecule has 1 N–H and O–H groups in total. The van der Waals surface area contributed by atoms with Crippen LogP contribution >= 0.6 is 11.6 Å². The summed E-state index contributed by atoms with van der Waals surface area (Å²) >= 11 is 6.00. The van der Waals surface area contributed by atoms with Crippen LogP contribution in [0.2, 0.25) is 5.02 Å². The molecule has 2 aromatic carbocycles. The van der Waals surface area contributed by atoms with Crippen LogP contribution in [0.4, 0.5) is 19.1 Å². The van der Waals surface area contributed by atoms with E-state index in [0.29, 0.717) is 29.8 Å². The Morgan fingerprint density at radius 3 is 2.41 bits per heavy atom. The molecule has 1 aliphatic rings. The molecule has 0 saturated heterocycles. The molecule has 29 heavy (non-hydrogen) atoms. The fraction of sp³-hybridized carbons (Fsp3) is 0.143. The molecule has 4 nitrogen and oxygen atoms in total. The van der Waals surface area contributed by atoms with Crippen molar-refractivity contribution in [1.82, 2.24) is 15.0 Å². The maximum Gasteiger partial charge on any atom is 0.226 e. The third-order valence-corrected chi connectivity index (χ3v) is 5.52. The zero-order chi connectivity index (χ0) is 20.1. The van der Waals surface area contributed by atoms with Crippen molar-refractivity contribution in [3.05, 3.63) is 88.1 Å². The van der Waals surface area contributed by atoms with E-state index < -0.39 is 17.7 Å². The molecule has 0 saturated carbocycles. The van der Waals surface area contributed by atoms with Crippen LogP contribution < -0.4 is 4.90 Å². The highest BCUT2D eigenvalue weighted by Gasteiger charge is 2.34. The highest BCUT2D eigenvalue weighted by atomic mass is 35.5. The Balaban J connectivity index is 1.73. The zero-order valence-electron chi connectivity index (χ0n) is 15.0. The van der Waals surface area contributed by atoms with Gasteiger partial charge in [-0.1, -0.05) is 23.7 Å². The van der Waals surface area contributed by atoms with Gasteiger partial charge < -0.3 is 9.88 Å². The third-order valence-electron chi connectivity index (χ3n) is 5.23. The molecular formula is C21H14ClF3N4. The molecule has 0 radical (unpaired) electrons. The van der Waals surface area contributed by atoms with Crippen molar-refractivity contribution in [2.24, 2.45) is 0 Å². The second kappa shape index (κ2) is 6.77. The van der Waals surface area contributed by atoms with Gasteiger partial charge in [-0.25, -0.2) is 23.1 Å². The second-order valence-electron chi connectivity index (χ2n) is 6.90. The lowest BCUT2D eigenvalue weighted by atomic mass is 9.92. The molecule has 1 atom stereocenters. The maximum absolute atomic E-state index is 14.8. The third kappa shape index (κ3) is 2.93. The lowest BCUT2D eigenvalue weighted by molar-refractivity contribution is 0.593. The topological polar surface area (TPSA) is 44.8 Å². The Hall–Kier alpha value is -3.06. The lowest BCUT2D eigenvalue weighted by Gasteiger charge is -2.36. The van der Waals surface area contributed by atoms with E-state index in [1.54, 1.807) is 18.2 Å². The van der Waals surface area contributed by atoms with E-state index in [0.717, 1.165) is 29.2 Å². The Labute approximate surface area is 169 Å². The summed E-state index contributed by atoms with van der Waals surface area (Å²) in [5.41, 5.74) is 2.98. The van der Waals surface area contributed by atoms with Crippen LogP contribution in [0.3, 0.4) is 0 Å². The first-order chi connectivity index (χ1) is 14.0. The molecule has 2 aromatic heterocycles. The molecule has 4 aromatic rings. The van der Waals surface area contributed by atoms with Crippen molar-refractivity contribution in [2.45, 2.75) is 12.5 Å². The van der Waals surface area contributed by atoms with Crippen LogP contribution in [0.25, 0.3) is 10.9 Å². The van der Waals surface area contributed by atoms with Crippen LogP contribution in [-0.2, 0) is 6.42 Å². The summed E-state index contributed by atoms with van der Waals surface area (Å²) in [5.74, 6) is -1.02. The maximum atomic E-state index is 14.8. The average Bonchev–Trinajstić information content (AvgIpc) is 3.11. The minimum atomic E-state index is -0.535. The van der Waals surface area contributed by atoms with Gasteiger partial charge in [-0.2, -0.15) is 0 Å². The van der Waals surface area contributed by atoms with Gasteiger partial charge >= 0.3 is 0 Å². The van der Waals surface area contributed by atoms with Crippen molar-refractivity contribution >= 4 is 28.5 Å². The van der Waals surface area contributed by atoms with Crippen molar-refractivity contribution in [1.29, 1.82) is 0 Å². The number of aromatic nitrogens is 3. The van der Waals surface area contributed by atoms with Crippen molar-refractivity contribution in [3.63, 3.8) is 0 Å². The standard InChI is InChI=1S/C21H14ClF3N4/c22-15-5-6-16-17(18(15)25)14-7-8-29(21-26-9-13(24)10-27-21)20(19(14)28-16)11-1-3-12(23)4-2-11/h1-6,9-10,20,28H,7-8H2. The van der Waals surface area contributed by atoms with Gasteiger partial charge in [0.25, 0.3) is 0 Å². The fourth-order valence-corrected chi connectivity index (χ4v) is 4.13. The number of anilines is 1. The van der Waals surface area contributed by atoms with E-state index in [-0.39, 0.29) is 10.8 Å². The van der Waals surface area contributed by atoms with Crippen molar-refractivity contribution in [3.8, 4) is 0 Å². The van der Waals surface area contributed by atoms with E-state index in [9.17, 15) is 13.2 Å². The highest BCUT2D eigenvalue weighted by molar-refractivity contribution is 6.31. The number of aromatic amines is 1. The zero-order valence-corrected chi connectivity index (χ0v) is 15.7. The summed E-state index contributed by atoms with van der Waals surface area (Å²) in [5, 5.41) is 0.515. The number of rotatable bonds is 2. The van der Waals surface area contributed by atoms with Gasteiger partial charge in [-0.05, 0) is 41.8 Å². The molecule has 1 unspecified atom stereocenters. The van der Waals surface area contributed by atoms with Gasteiger partial charge in [0.05, 0.1) is 23.5 Å². The molecule has 1 aliphatic heterocycles. The Morgan fingerprint density at radius 1 is 0.966 bits per heavy atom. The van der Waals surface area contributed by atoms with Crippen molar-refractivity contribution < 1.29 is 13.2 Å². The predicted molar refractivity (Wildman–Crippen MR) is 105 cm³/mol. The van der Waals surface area contributed by atoms with Crippen LogP contribution in [0.5, 0.6) is 0 Å². The monoisotopic (exact) mass is 414 g/mol. The molecule has 3 heterocycles. The first-order valence-electron chi connectivity index (χ1n) is 9.01. The van der Waals surface area contributed by atoms with E-state index in [4.69, 9.17) is 11.6 Å². The number of hydrogen-bond acceptors (Lipinski definition) is 3. The quantitative estimate of drug-likeness (QED) is 0.491. The fourth-order valence-electron chi connectivity index (χ4n) is 3.98. The molecule has 5 rings (SSSR count). The summed E-state index contributed by atoms with van der Waals surface area (Å²) in [4.78, 5) is 13.4. The van der Waals surface area contributed by atoms with Gasteiger partial charge in [0.1, 0.15) is 5.82 Å². The van der Waals surface area contributed by atoms with Crippen molar-refractivity contribution in [2.75, 3.05) is 11.4 Å². The highest BCUT2D eigenvalue weighted by Crippen LogP contribution is 2.41. The molecule has 0 aliphatic carbocycles. The number of fused-ring (bicyclic) bond motifs is 3. The SMILES string of the molecule is Fc1ccc(C2c3[nH]c4ccc(Cl)c(F)c4c3CCN2c2ncc(F)cn2)cc1. The normalized spacial score (nSPS) is 16.3. The van der Waals surface area contributed by atoms with E-state index >= 15 is 0 Å². The minimum absolute atomic E-state index is 0.0573. The van der Waals surface area contributed by atoms with Crippen LogP contribution in [-0.4, -0.2) is 21.5 Å². The Bertz CT molecular complexity index is 1210. The number of hydrogen-bond donors (Lipinski definition) is 1. The molecule has 0 bridgehead atoms. The Kier molecular flexibility index (Phi) is 4.20. The summed E-state index contributed by atoms with van der Waals surface area (Å²) < 4.78 is 41.6. The molecular weight excluding hydrogens is 401 g/mol. The lowest BCUT2D eigenvalue weighted by Crippen LogP contribution is -2.37. The summed E-state index contributed by atoms with van der Waals surface area (Å²) in [6.07, 6.45) is 2.72. The van der Waals surface area contributed by atoms with E-state index in [1.807, 2.05) is 4.90 Å². The van der Waals surface area contributed by atoms with Gasteiger partial charge in [-0.3, -0.25) is 0 Å². The average molecular weight is 415 g/mol. The van der Waals surface area contributed by atoms with Crippen LogP contribution in [0.1, 0.15) is 22.9 Å². The Morgan fingerprint density at radius 2 is 1.69 bits per heavy atom. The van der Waals surface area contributed by atoms with Crippen LogP contribution in [0, 0.1) is 17.5 Å². The molecule has 0 fully saturated rings. The van der Waals surface area contributed by atoms with Gasteiger partial charge in [0, 0.05) is 23.1 Å². The van der Waals surface area contributed by atoms with Crippen LogP contribution in [0.15, 0.2) is 48.8 Å². The number of halogens is 4. The minimum Gasteiger partial charge on any atom is -0.356 e. The second-order valence-corrected chi connectivity index (χ2v) is 7.31. The summed E-state index contributed by atoms with van der Waals surface area (Å²) in [6.45, 7) is 0.472. The molecule has 8 heteroatoms. The van der Waals surface area contributed by atoms with Gasteiger partial charge in [0.2, 0.25) is 5.95 Å². The number of H-pyrrole nitrogens is 1. The molecule has 0 amide bonds. The molecule has 0 spiro atoms.